The highest BCUT2D eigenvalue weighted by Crippen LogP contribution is 2.30. The Balaban J connectivity index is 1.52. The summed E-state index contributed by atoms with van der Waals surface area (Å²) in [5.74, 6) is 0.709. The number of urea groups is 1. The van der Waals surface area contributed by atoms with Crippen LogP contribution >= 0.6 is 0 Å². The first-order valence-electron chi connectivity index (χ1n) is 11.3. The molecule has 2 amide bonds. The molecule has 5 nitrogen and oxygen atoms in total. The molecule has 0 fully saturated rings. The molecule has 6 heteroatoms. The van der Waals surface area contributed by atoms with E-state index in [1.165, 1.54) is 12.1 Å². The Morgan fingerprint density at radius 3 is 2.09 bits per heavy atom. The zero-order valence-electron chi connectivity index (χ0n) is 19.5. The highest BCUT2D eigenvalue weighted by molar-refractivity contribution is 5.89. The van der Waals surface area contributed by atoms with Crippen LogP contribution in [0.15, 0.2) is 103 Å². The zero-order chi connectivity index (χ0) is 24.5. The molecule has 0 aliphatic heterocycles. The fourth-order valence-electron chi connectivity index (χ4n) is 3.65. The van der Waals surface area contributed by atoms with Gasteiger partial charge < -0.3 is 19.7 Å². The van der Waals surface area contributed by atoms with Crippen LogP contribution in [0.2, 0.25) is 0 Å². The van der Waals surface area contributed by atoms with Crippen LogP contribution < -0.4 is 14.8 Å². The molecule has 0 spiro atoms. The minimum atomic E-state index is -0.484. The van der Waals surface area contributed by atoms with E-state index >= 15 is 0 Å². The second kappa shape index (κ2) is 11.7. The van der Waals surface area contributed by atoms with Crippen molar-refractivity contribution < 1.29 is 18.7 Å². The van der Waals surface area contributed by atoms with E-state index in [1.807, 2.05) is 78.9 Å². The van der Waals surface area contributed by atoms with Crippen molar-refractivity contribution in [1.29, 1.82) is 0 Å². The Labute approximate surface area is 204 Å². The van der Waals surface area contributed by atoms with Gasteiger partial charge in [-0.1, -0.05) is 78.9 Å². The smallest absolute Gasteiger partial charge is 0.322 e. The van der Waals surface area contributed by atoms with Gasteiger partial charge in [0.1, 0.15) is 12.4 Å². The van der Waals surface area contributed by atoms with E-state index in [-0.39, 0.29) is 5.69 Å². The summed E-state index contributed by atoms with van der Waals surface area (Å²) in [5, 5.41) is 2.69. The molecule has 0 aliphatic rings. The van der Waals surface area contributed by atoms with Gasteiger partial charge in [0.15, 0.2) is 11.5 Å². The maximum Gasteiger partial charge on any atom is 0.322 e. The van der Waals surface area contributed by atoms with Crippen molar-refractivity contribution in [3.05, 3.63) is 126 Å². The Morgan fingerprint density at radius 2 is 1.40 bits per heavy atom. The number of anilines is 1. The van der Waals surface area contributed by atoms with E-state index in [2.05, 4.69) is 5.32 Å². The topological polar surface area (TPSA) is 50.8 Å². The number of methoxy groups -OCH3 is 1. The predicted molar refractivity (Wildman–Crippen MR) is 135 cm³/mol. The zero-order valence-corrected chi connectivity index (χ0v) is 19.5. The summed E-state index contributed by atoms with van der Waals surface area (Å²) in [6.07, 6.45) is 0. The number of nitrogens with zero attached hydrogens (tertiary/aromatic N) is 1. The number of hydrogen-bond donors (Lipinski definition) is 1. The molecule has 4 rings (SSSR count). The van der Waals surface area contributed by atoms with E-state index in [0.717, 1.165) is 16.7 Å². The molecule has 178 valence electrons. The Bertz CT molecular complexity index is 1250. The maximum absolute atomic E-state index is 14.1. The largest absolute Gasteiger partial charge is 0.493 e. The second-order valence-electron chi connectivity index (χ2n) is 8.01. The predicted octanol–water partition coefficient (Wildman–Crippen LogP) is 6.65. The van der Waals surface area contributed by atoms with Crippen LogP contribution in [0.4, 0.5) is 14.9 Å². The van der Waals surface area contributed by atoms with E-state index in [9.17, 15) is 9.18 Å². The number of halogens is 1. The van der Waals surface area contributed by atoms with Crippen LogP contribution in [0.25, 0.3) is 0 Å². The standard InChI is InChI=1S/C29H27FN2O3/c1-34-28-18-24(16-17-27(28)35-21-23-12-6-3-7-13-23)20-32(19-22-10-4-2-5-11-22)29(33)31-26-15-9-8-14-25(26)30/h2-18H,19-21H2,1H3,(H,31,33). The van der Waals surface area contributed by atoms with E-state index in [1.54, 1.807) is 24.1 Å². The lowest BCUT2D eigenvalue weighted by molar-refractivity contribution is 0.206. The number of rotatable bonds is 9. The van der Waals surface area contributed by atoms with Gasteiger partial charge in [0.25, 0.3) is 0 Å². The monoisotopic (exact) mass is 470 g/mol. The van der Waals surface area contributed by atoms with Crippen molar-refractivity contribution >= 4 is 11.7 Å². The molecular formula is C29H27FN2O3. The summed E-state index contributed by atoms with van der Waals surface area (Å²) < 4.78 is 25.6. The third kappa shape index (κ3) is 6.60. The number of ether oxygens (including phenoxy) is 2. The molecule has 0 aliphatic carbocycles. The lowest BCUT2D eigenvalue weighted by atomic mass is 10.1. The van der Waals surface area contributed by atoms with Crippen LogP contribution in [-0.4, -0.2) is 18.0 Å². The number of benzene rings is 4. The molecule has 1 N–H and O–H groups in total. The van der Waals surface area contributed by atoms with Gasteiger partial charge in [-0.2, -0.15) is 0 Å². The molecule has 0 saturated carbocycles. The molecular weight excluding hydrogens is 443 g/mol. The Hall–Kier alpha value is -4.32. The fourth-order valence-corrected chi connectivity index (χ4v) is 3.65. The molecule has 0 unspecified atom stereocenters. The normalized spacial score (nSPS) is 10.5. The second-order valence-corrected chi connectivity index (χ2v) is 8.01. The molecule has 4 aromatic rings. The van der Waals surface area contributed by atoms with Crippen LogP contribution in [-0.2, 0) is 19.7 Å². The third-order valence-electron chi connectivity index (χ3n) is 5.46. The van der Waals surface area contributed by atoms with Gasteiger partial charge in [-0.15, -0.1) is 0 Å². The molecule has 4 aromatic carbocycles. The van der Waals surface area contributed by atoms with Crippen LogP contribution in [0.5, 0.6) is 11.5 Å². The Morgan fingerprint density at radius 1 is 0.771 bits per heavy atom. The third-order valence-corrected chi connectivity index (χ3v) is 5.46. The highest BCUT2D eigenvalue weighted by atomic mass is 19.1. The molecule has 0 saturated heterocycles. The lowest BCUT2D eigenvalue weighted by Crippen LogP contribution is -2.34. The summed E-state index contributed by atoms with van der Waals surface area (Å²) in [4.78, 5) is 14.8. The number of carbonyl (C=O) groups excluding carboxylic acids is 1. The van der Waals surface area contributed by atoms with Gasteiger partial charge in [0.05, 0.1) is 12.8 Å². The van der Waals surface area contributed by atoms with Gasteiger partial charge in [0.2, 0.25) is 0 Å². The van der Waals surface area contributed by atoms with Crippen LogP contribution in [0.3, 0.4) is 0 Å². The lowest BCUT2D eigenvalue weighted by Gasteiger charge is -2.24. The molecule has 0 atom stereocenters. The number of amides is 2. The van der Waals surface area contributed by atoms with Crippen molar-refractivity contribution in [3.63, 3.8) is 0 Å². The highest BCUT2D eigenvalue weighted by Gasteiger charge is 2.17. The summed E-state index contributed by atoms with van der Waals surface area (Å²) >= 11 is 0. The van der Waals surface area contributed by atoms with Crippen molar-refractivity contribution in [2.45, 2.75) is 19.7 Å². The van der Waals surface area contributed by atoms with Crippen molar-refractivity contribution in [2.75, 3.05) is 12.4 Å². The Kier molecular flexibility index (Phi) is 7.96. The average molecular weight is 471 g/mol. The van der Waals surface area contributed by atoms with Gasteiger partial charge >= 0.3 is 6.03 Å². The first kappa shape index (κ1) is 23.8. The summed E-state index contributed by atoms with van der Waals surface area (Å²) in [6, 6.07) is 30.9. The van der Waals surface area contributed by atoms with Crippen LogP contribution in [0, 0.1) is 5.82 Å². The minimum absolute atomic E-state index is 0.137. The summed E-state index contributed by atoms with van der Waals surface area (Å²) in [6.45, 7) is 1.07. The van der Waals surface area contributed by atoms with Crippen molar-refractivity contribution in [2.24, 2.45) is 0 Å². The molecule has 0 heterocycles. The number of hydrogen-bond acceptors (Lipinski definition) is 3. The fraction of sp³-hybridized carbons (Fsp3) is 0.138. The van der Waals surface area contributed by atoms with Gasteiger partial charge in [-0.3, -0.25) is 0 Å². The SMILES string of the molecule is COc1cc(CN(Cc2ccccc2)C(=O)Nc2ccccc2F)ccc1OCc1ccccc1. The summed E-state index contributed by atoms with van der Waals surface area (Å²) in [5.41, 5.74) is 3.01. The van der Waals surface area contributed by atoms with Crippen LogP contribution in [0.1, 0.15) is 16.7 Å². The molecule has 0 radical (unpaired) electrons. The van der Waals surface area contributed by atoms with Gasteiger partial charge in [-0.25, -0.2) is 9.18 Å². The number of nitrogens with one attached hydrogen (secondary N) is 1. The molecule has 35 heavy (non-hydrogen) atoms. The number of carbonyl (C=O) groups is 1. The molecule has 0 aromatic heterocycles. The first-order chi connectivity index (χ1) is 17.1. The van der Waals surface area contributed by atoms with Crippen molar-refractivity contribution in [1.82, 2.24) is 4.90 Å². The van der Waals surface area contributed by atoms with Crippen molar-refractivity contribution in [3.8, 4) is 11.5 Å². The van der Waals surface area contributed by atoms with E-state index in [0.29, 0.717) is 31.2 Å². The quantitative estimate of drug-likeness (QED) is 0.298. The number of para-hydroxylation sites is 1. The summed E-state index contributed by atoms with van der Waals surface area (Å²) in [7, 11) is 1.58. The minimum Gasteiger partial charge on any atom is -0.493 e. The van der Waals surface area contributed by atoms with Gasteiger partial charge in [0, 0.05) is 13.1 Å². The average Bonchev–Trinajstić information content (AvgIpc) is 2.90. The maximum atomic E-state index is 14.1. The van der Waals surface area contributed by atoms with E-state index in [4.69, 9.17) is 9.47 Å². The first-order valence-corrected chi connectivity index (χ1v) is 11.3. The van der Waals surface area contributed by atoms with Gasteiger partial charge in [-0.05, 0) is 41.0 Å². The molecule has 0 bridgehead atoms. The van der Waals surface area contributed by atoms with E-state index < -0.39 is 11.8 Å².